The summed E-state index contributed by atoms with van der Waals surface area (Å²) in [6.07, 6.45) is 0.863. The van der Waals surface area contributed by atoms with E-state index in [0.717, 1.165) is 49.0 Å². The highest BCUT2D eigenvalue weighted by molar-refractivity contribution is 6.31. The van der Waals surface area contributed by atoms with Gasteiger partial charge in [-0.15, -0.1) is 0 Å². The number of morpholine rings is 1. The molecule has 2 heterocycles. The summed E-state index contributed by atoms with van der Waals surface area (Å²) in [5.74, 6) is 0. The third-order valence-corrected chi connectivity index (χ3v) is 4.11. The topological polar surface area (TPSA) is 50.5 Å². The molecule has 0 aromatic carbocycles. The molecule has 2 atom stereocenters. The predicted octanol–water partition coefficient (Wildman–Crippen LogP) is 1.70. The molecule has 0 aliphatic carbocycles. The van der Waals surface area contributed by atoms with Gasteiger partial charge < -0.3 is 9.84 Å². The Labute approximate surface area is 125 Å². The van der Waals surface area contributed by atoms with Gasteiger partial charge in [-0.25, -0.2) is 0 Å². The van der Waals surface area contributed by atoms with E-state index in [-0.39, 0.29) is 18.8 Å². The van der Waals surface area contributed by atoms with Crippen molar-refractivity contribution in [1.82, 2.24) is 14.7 Å². The summed E-state index contributed by atoms with van der Waals surface area (Å²) in [5.41, 5.74) is 2.03. The van der Waals surface area contributed by atoms with Crippen LogP contribution in [0, 0.1) is 0 Å². The van der Waals surface area contributed by atoms with Crippen LogP contribution in [0.4, 0.5) is 0 Å². The van der Waals surface area contributed by atoms with Crippen molar-refractivity contribution in [1.29, 1.82) is 0 Å². The Morgan fingerprint density at radius 2 is 2.15 bits per heavy atom. The zero-order valence-electron chi connectivity index (χ0n) is 12.5. The van der Waals surface area contributed by atoms with E-state index in [1.54, 1.807) is 0 Å². The van der Waals surface area contributed by atoms with Crippen molar-refractivity contribution in [3.8, 4) is 0 Å². The molecule has 2 unspecified atom stereocenters. The van der Waals surface area contributed by atoms with Crippen molar-refractivity contribution in [2.45, 2.75) is 52.5 Å². The van der Waals surface area contributed by atoms with Crippen LogP contribution in [0.5, 0.6) is 0 Å². The molecule has 1 aromatic heterocycles. The maximum Gasteiger partial charge on any atom is 0.0936 e. The molecule has 1 aliphatic heterocycles. The van der Waals surface area contributed by atoms with Gasteiger partial charge in [-0.1, -0.05) is 18.5 Å². The number of nitrogens with zero attached hydrogens (tertiary/aromatic N) is 3. The van der Waals surface area contributed by atoms with Gasteiger partial charge in [0.05, 0.1) is 35.2 Å². The van der Waals surface area contributed by atoms with Crippen LogP contribution in [0.15, 0.2) is 0 Å². The van der Waals surface area contributed by atoms with Gasteiger partial charge in [-0.2, -0.15) is 5.10 Å². The number of ether oxygens (including phenoxy) is 1. The number of aromatic nitrogens is 2. The van der Waals surface area contributed by atoms with Gasteiger partial charge in [-0.05, 0) is 20.3 Å². The van der Waals surface area contributed by atoms with E-state index in [2.05, 4.69) is 23.8 Å². The fourth-order valence-electron chi connectivity index (χ4n) is 2.75. The lowest BCUT2D eigenvalue weighted by atomic mass is 10.2. The lowest BCUT2D eigenvalue weighted by Crippen LogP contribution is -2.47. The van der Waals surface area contributed by atoms with Crippen molar-refractivity contribution < 1.29 is 9.84 Å². The fraction of sp³-hybridized carbons (Fsp3) is 0.786. The third kappa shape index (κ3) is 3.34. The number of hydrogen-bond donors (Lipinski definition) is 1. The first-order valence-corrected chi connectivity index (χ1v) is 7.69. The summed E-state index contributed by atoms with van der Waals surface area (Å²) in [4.78, 5) is 2.28. The Kier molecular flexibility index (Phi) is 5.43. The zero-order chi connectivity index (χ0) is 14.7. The Morgan fingerprint density at radius 1 is 1.40 bits per heavy atom. The van der Waals surface area contributed by atoms with Crippen molar-refractivity contribution in [2.75, 3.05) is 19.7 Å². The summed E-state index contributed by atoms with van der Waals surface area (Å²) in [7, 11) is 0. The largest absolute Gasteiger partial charge is 0.394 e. The normalized spacial score (nSPS) is 24.2. The highest BCUT2D eigenvalue weighted by Crippen LogP contribution is 2.24. The van der Waals surface area contributed by atoms with Crippen molar-refractivity contribution in [3.05, 3.63) is 16.4 Å². The van der Waals surface area contributed by atoms with E-state index >= 15 is 0 Å². The Bertz CT molecular complexity index is 450. The third-order valence-electron chi connectivity index (χ3n) is 3.67. The summed E-state index contributed by atoms with van der Waals surface area (Å²) in [6.45, 7) is 9.38. The number of halogens is 1. The van der Waals surface area contributed by atoms with Crippen molar-refractivity contribution in [2.24, 2.45) is 0 Å². The highest BCUT2D eigenvalue weighted by Gasteiger charge is 2.26. The van der Waals surface area contributed by atoms with Crippen LogP contribution in [0.2, 0.25) is 5.02 Å². The summed E-state index contributed by atoms with van der Waals surface area (Å²) in [5, 5.41) is 14.6. The molecular formula is C14H24ClN3O2. The minimum Gasteiger partial charge on any atom is -0.394 e. The number of hydrogen-bond acceptors (Lipinski definition) is 4. The molecule has 0 spiro atoms. The summed E-state index contributed by atoms with van der Waals surface area (Å²) in [6, 6.07) is 0. The van der Waals surface area contributed by atoms with Gasteiger partial charge in [0, 0.05) is 26.2 Å². The highest BCUT2D eigenvalue weighted by atomic mass is 35.5. The maximum atomic E-state index is 9.29. The van der Waals surface area contributed by atoms with E-state index in [1.165, 1.54) is 0 Å². The van der Waals surface area contributed by atoms with Crippen LogP contribution >= 0.6 is 11.6 Å². The molecule has 0 bridgehead atoms. The lowest BCUT2D eigenvalue weighted by Gasteiger charge is -2.36. The molecule has 6 heteroatoms. The first kappa shape index (κ1) is 15.8. The molecule has 1 fully saturated rings. The number of rotatable bonds is 5. The van der Waals surface area contributed by atoms with Crippen molar-refractivity contribution in [3.63, 3.8) is 0 Å². The second-order valence-electron chi connectivity index (χ2n) is 5.32. The lowest BCUT2D eigenvalue weighted by molar-refractivity contribution is -0.0976. The van der Waals surface area contributed by atoms with Gasteiger partial charge >= 0.3 is 0 Å². The Balaban J connectivity index is 2.14. The Hall–Kier alpha value is -0.620. The maximum absolute atomic E-state index is 9.29. The molecule has 0 amide bonds. The van der Waals surface area contributed by atoms with Crippen LogP contribution in [0.25, 0.3) is 0 Å². The molecule has 2 rings (SSSR count). The smallest absolute Gasteiger partial charge is 0.0936 e. The molecule has 0 radical (unpaired) electrons. The van der Waals surface area contributed by atoms with E-state index in [1.807, 2.05) is 11.6 Å². The molecule has 114 valence electrons. The monoisotopic (exact) mass is 301 g/mol. The van der Waals surface area contributed by atoms with Gasteiger partial charge in [-0.3, -0.25) is 9.58 Å². The molecule has 1 N–H and O–H groups in total. The van der Waals surface area contributed by atoms with E-state index in [0.29, 0.717) is 0 Å². The van der Waals surface area contributed by atoms with E-state index in [4.69, 9.17) is 16.3 Å². The van der Waals surface area contributed by atoms with E-state index in [9.17, 15) is 5.11 Å². The summed E-state index contributed by atoms with van der Waals surface area (Å²) >= 11 is 6.44. The van der Waals surface area contributed by atoms with Gasteiger partial charge in [0.2, 0.25) is 0 Å². The molecule has 20 heavy (non-hydrogen) atoms. The minimum atomic E-state index is -0.110. The van der Waals surface area contributed by atoms with Crippen LogP contribution in [0.3, 0.4) is 0 Å². The quantitative estimate of drug-likeness (QED) is 0.899. The van der Waals surface area contributed by atoms with Crippen LogP contribution in [-0.2, 0) is 24.2 Å². The van der Waals surface area contributed by atoms with Crippen LogP contribution in [0.1, 0.15) is 32.2 Å². The van der Waals surface area contributed by atoms with Gasteiger partial charge in [0.15, 0.2) is 0 Å². The van der Waals surface area contributed by atoms with Gasteiger partial charge in [0.25, 0.3) is 0 Å². The second-order valence-corrected chi connectivity index (χ2v) is 5.70. The number of aliphatic hydroxyl groups is 1. The van der Waals surface area contributed by atoms with Crippen LogP contribution < -0.4 is 0 Å². The standard InChI is InChI=1S/C14H24ClN3O2/c1-4-12-14(15)13(18(5-2)16-12)8-17-6-10(3)20-11(7-17)9-19/h10-11,19H,4-9H2,1-3H3. The number of aryl methyl sites for hydroxylation is 2. The molecule has 5 nitrogen and oxygen atoms in total. The molecular weight excluding hydrogens is 278 g/mol. The SMILES string of the molecule is CCc1nn(CC)c(CN2CC(C)OC(CO)C2)c1Cl. The predicted molar refractivity (Wildman–Crippen MR) is 79.0 cm³/mol. The summed E-state index contributed by atoms with van der Waals surface area (Å²) < 4.78 is 7.65. The zero-order valence-corrected chi connectivity index (χ0v) is 13.2. The Morgan fingerprint density at radius 3 is 2.75 bits per heavy atom. The molecule has 1 aromatic rings. The number of aliphatic hydroxyl groups excluding tert-OH is 1. The van der Waals surface area contributed by atoms with Crippen LogP contribution in [-0.4, -0.2) is 51.7 Å². The van der Waals surface area contributed by atoms with Gasteiger partial charge in [0.1, 0.15) is 0 Å². The molecule has 0 saturated carbocycles. The van der Waals surface area contributed by atoms with E-state index < -0.39 is 0 Å². The minimum absolute atomic E-state index is 0.0574. The second kappa shape index (κ2) is 6.89. The molecule has 1 aliphatic rings. The first-order chi connectivity index (χ1) is 9.58. The van der Waals surface area contributed by atoms with Crippen molar-refractivity contribution >= 4 is 11.6 Å². The average Bonchev–Trinajstić information content (AvgIpc) is 2.74. The first-order valence-electron chi connectivity index (χ1n) is 7.31. The average molecular weight is 302 g/mol. The fourth-order valence-corrected chi connectivity index (χ4v) is 3.08. The molecule has 1 saturated heterocycles.